The molecule has 0 saturated carbocycles. The molecule has 1 atom stereocenters. The summed E-state index contributed by atoms with van der Waals surface area (Å²) in [5.41, 5.74) is 4.96. The quantitative estimate of drug-likeness (QED) is 0.478. The molecule has 1 aliphatic heterocycles. The number of hydrogen-bond donors (Lipinski definition) is 0. The highest BCUT2D eigenvalue weighted by molar-refractivity contribution is 7.85. The summed E-state index contributed by atoms with van der Waals surface area (Å²) in [4.78, 5) is 7.29. The summed E-state index contributed by atoms with van der Waals surface area (Å²) in [6.07, 6.45) is 1.67. The lowest BCUT2D eigenvalue weighted by Crippen LogP contribution is -2.35. The molecule has 0 radical (unpaired) electrons. The van der Waals surface area contributed by atoms with Crippen molar-refractivity contribution in [1.29, 1.82) is 0 Å². The van der Waals surface area contributed by atoms with E-state index in [1.807, 2.05) is 57.2 Å². The molecule has 5 nitrogen and oxygen atoms in total. The van der Waals surface area contributed by atoms with Crippen molar-refractivity contribution in [3.8, 4) is 11.3 Å². The molecule has 2 aromatic carbocycles. The number of fused-ring (bicyclic) bond motifs is 1. The van der Waals surface area contributed by atoms with Crippen molar-refractivity contribution in [2.75, 3.05) is 26.3 Å². The summed E-state index contributed by atoms with van der Waals surface area (Å²) >= 11 is 6.27. The average molecular weight is 470 g/mol. The Labute approximate surface area is 197 Å². The van der Waals surface area contributed by atoms with Gasteiger partial charge >= 0.3 is 0 Å². The van der Waals surface area contributed by atoms with Crippen LogP contribution in [0.5, 0.6) is 0 Å². The predicted octanol–water partition coefficient (Wildman–Crippen LogP) is 5.27. The smallest absolute Gasteiger partial charge is 0.144 e. The minimum absolute atomic E-state index is 0.371. The van der Waals surface area contributed by atoms with Crippen molar-refractivity contribution in [1.82, 2.24) is 9.88 Å². The van der Waals surface area contributed by atoms with Crippen molar-refractivity contribution in [2.45, 2.75) is 32.1 Å². The molecule has 32 heavy (non-hydrogen) atoms. The van der Waals surface area contributed by atoms with E-state index in [1.54, 1.807) is 6.21 Å². The maximum Gasteiger partial charge on any atom is 0.144 e. The molecule has 4 rings (SSSR count). The molecule has 7 heteroatoms. The molecule has 0 bridgehead atoms. The maximum atomic E-state index is 12.2. The normalized spacial score (nSPS) is 16.6. The average Bonchev–Trinajstić information content (AvgIpc) is 2.77. The van der Waals surface area contributed by atoms with Crippen LogP contribution in [0.15, 0.2) is 52.9 Å². The van der Waals surface area contributed by atoms with E-state index in [2.05, 4.69) is 21.4 Å². The lowest BCUT2D eigenvalue weighted by Gasteiger charge is -2.27. The Bertz CT molecular complexity index is 1150. The first kappa shape index (κ1) is 23.1. The molecule has 0 N–H and O–H groups in total. The lowest BCUT2D eigenvalue weighted by molar-refractivity contribution is 0.0344. The van der Waals surface area contributed by atoms with Crippen molar-refractivity contribution >= 4 is 39.7 Å². The Morgan fingerprint density at radius 3 is 2.53 bits per heavy atom. The van der Waals surface area contributed by atoms with E-state index in [4.69, 9.17) is 21.3 Å². The van der Waals surface area contributed by atoms with Crippen LogP contribution in [0.25, 0.3) is 22.2 Å². The van der Waals surface area contributed by atoms with Crippen LogP contribution in [0.3, 0.4) is 0 Å². The Morgan fingerprint density at radius 1 is 1.12 bits per heavy atom. The summed E-state index contributed by atoms with van der Waals surface area (Å²) in [6, 6.07) is 16.1. The van der Waals surface area contributed by atoms with Crippen molar-refractivity contribution in [3.05, 3.63) is 64.7 Å². The highest BCUT2D eigenvalue weighted by atomic mass is 35.5. The van der Waals surface area contributed by atoms with Gasteiger partial charge in [-0.15, -0.1) is 0 Å². The Balaban J connectivity index is 1.64. The van der Waals surface area contributed by atoms with Gasteiger partial charge in [0.15, 0.2) is 0 Å². The Morgan fingerprint density at radius 2 is 1.84 bits per heavy atom. The number of hydrogen-bond acceptors (Lipinski definition) is 4. The standard InChI is InChI=1S/C25H28ClN3O2S/c1-25(2,3)32(30)27-16-18-4-6-19(7-5-18)23-14-20(17-29-10-12-31-13-11-29)22-9-8-21(26)15-24(22)28-23/h4-9,14-16H,10-13,17H2,1-3H3/b27-16+. The SMILES string of the molecule is CC(C)(C)S(=O)/N=C/c1ccc(-c2cc(CN3CCOCC3)c3ccc(Cl)cc3n2)cc1. The van der Waals surface area contributed by atoms with Gasteiger partial charge in [-0.1, -0.05) is 41.9 Å². The van der Waals surface area contributed by atoms with Gasteiger partial charge < -0.3 is 4.74 Å². The van der Waals surface area contributed by atoms with E-state index in [0.717, 1.165) is 60.6 Å². The zero-order chi connectivity index (χ0) is 22.7. The van der Waals surface area contributed by atoms with Crippen LogP contribution in [0.4, 0.5) is 0 Å². The van der Waals surface area contributed by atoms with Crippen LogP contribution in [0.2, 0.25) is 5.02 Å². The van der Waals surface area contributed by atoms with Crippen LogP contribution >= 0.6 is 11.6 Å². The molecule has 0 aliphatic carbocycles. The second-order valence-electron chi connectivity index (χ2n) is 8.93. The highest BCUT2D eigenvalue weighted by Gasteiger charge is 2.18. The highest BCUT2D eigenvalue weighted by Crippen LogP contribution is 2.28. The van der Waals surface area contributed by atoms with Gasteiger partial charge in [-0.05, 0) is 50.1 Å². The van der Waals surface area contributed by atoms with Crippen molar-refractivity contribution in [3.63, 3.8) is 0 Å². The number of pyridine rings is 1. The number of halogens is 1. The lowest BCUT2D eigenvalue weighted by atomic mass is 10.0. The first-order valence-electron chi connectivity index (χ1n) is 10.8. The van der Waals surface area contributed by atoms with Crippen LogP contribution < -0.4 is 0 Å². The molecule has 1 aromatic heterocycles. The predicted molar refractivity (Wildman–Crippen MR) is 134 cm³/mol. The van der Waals surface area contributed by atoms with Crippen molar-refractivity contribution in [2.24, 2.45) is 4.40 Å². The zero-order valence-corrected chi connectivity index (χ0v) is 20.2. The van der Waals surface area contributed by atoms with E-state index in [0.29, 0.717) is 5.02 Å². The summed E-state index contributed by atoms with van der Waals surface area (Å²) in [7, 11) is -1.27. The minimum Gasteiger partial charge on any atom is -0.379 e. The number of morpholine rings is 1. The van der Waals surface area contributed by atoms with Gasteiger partial charge in [0.25, 0.3) is 0 Å². The molecule has 0 amide bonds. The molecular weight excluding hydrogens is 442 g/mol. The fourth-order valence-electron chi connectivity index (χ4n) is 3.56. The van der Waals surface area contributed by atoms with Gasteiger partial charge in [-0.25, -0.2) is 9.19 Å². The number of rotatable bonds is 5. The third-order valence-corrected chi connectivity index (χ3v) is 6.96. The van der Waals surface area contributed by atoms with Crippen LogP contribution in [0, 0.1) is 0 Å². The Hall–Kier alpha value is -2.12. The van der Waals surface area contributed by atoms with E-state index in [1.165, 1.54) is 5.56 Å². The van der Waals surface area contributed by atoms with Gasteiger partial charge in [0.1, 0.15) is 11.0 Å². The molecule has 1 aliphatic rings. The molecule has 2 heterocycles. The number of benzene rings is 2. The zero-order valence-electron chi connectivity index (χ0n) is 18.7. The van der Waals surface area contributed by atoms with Crippen LogP contribution in [-0.4, -0.2) is 51.4 Å². The fourth-order valence-corrected chi connectivity index (χ4v) is 4.26. The van der Waals surface area contributed by atoms with E-state index < -0.39 is 11.0 Å². The largest absolute Gasteiger partial charge is 0.379 e. The summed E-state index contributed by atoms with van der Waals surface area (Å²) in [5.74, 6) is 0. The molecule has 0 spiro atoms. The van der Waals surface area contributed by atoms with Gasteiger partial charge in [0.05, 0.1) is 29.2 Å². The number of nitrogens with zero attached hydrogens (tertiary/aromatic N) is 3. The van der Waals surface area contributed by atoms with Gasteiger partial charge in [-0.2, -0.15) is 4.40 Å². The summed E-state index contributed by atoms with van der Waals surface area (Å²) < 4.78 is 21.5. The summed E-state index contributed by atoms with van der Waals surface area (Å²) in [6.45, 7) is 9.98. The molecule has 1 fully saturated rings. The van der Waals surface area contributed by atoms with Gasteiger partial charge in [-0.3, -0.25) is 4.90 Å². The Kier molecular flexibility index (Phi) is 7.05. The third kappa shape index (κ3) is 5.62. The van der Waals surface area contributed by atoms with Crippen LogP contribution in [-0.2, 0) is 22.3 Å². The molecule has 1 saturated heterocycles. The first-order valence-corrected chi connectivity index (χ1v) is 12.2. The van der Waals surface area contributed by atoms with Crippen LogP contribution in [0.1, 0.15) is 31.9 Å². The molecule has 1 unspecified atom stereocenters. The second-order valence-corrected chi connectivity index (χ2v) is 11.3. The topological polar surface area (TPSA) is 54.8 Å². The number of ether oxygens (including phenoxy) is 1. The molecule has 168 valence electrons. The van der Waals surface area contributed by atoms with Crippen molar-refractivity contribution < 1.29 is 8.95 Å². The van der Waals surface area contributed by atoms with Gasteiger partial charge in [0, 0.05) is 41.8 Å². The van der Waals surface area contributed by atoms with E-state index >= 15 is 0 Å². The minimum atomic E-state index is -1.27. The van der Waals surface area contributed by atoms with E-state index in [9.17, 15) is 4.21 Å². The molecule has 3 aromatic rings. The second kappa shape index (κ2) is 9.79. The monoisotopic (exact) mass is 469 g/mol. The van der Waals surface area contributed by atoms with E-state index in [-0.39, 0.29) is 4.75 Å². The summed E-state index contributed by atoms with van der Waals surface area (Å²) in [5, 5.41) is 1.80. The molecular formula is C25H28ClN3O2S. The van der Waals surface area contributed by atoms with Gasteiger partial charge in [0.2, 0.25) is 0 Å². The number of aromatic nitrogens is 1. The third-order valence-electron chi connectivity index (χ3n) is 5.38. The first-order chi connectivity index (χ1) is 15.3. The fraction of sp³-hybridized carbons (Fsp3) is 0.360. The maximum absolute atomic E-state index is 12.2.